The summed E-state index contributed by atoms with van der Waals surface area (Å²) in [5.41, 5.74) is 1.65. The molecular weight excluding hydrogens is 424 g/mol. The van der Waals surface area contributed by atoms with Gasteiger partial charge in [-0.05, 0) is 50.1 Å². The van der Waals surface area contributed by atoms with Gasteiger partial charge < -0.3 is 24.3 Å². The molecular formula is C25H30N2O6. The number of rotatable bonds is 11. The molecule has 0 fully saturated rings. The van der Waals surface area contributed by atoms with E-state index < -0.39 is 5.91 Å². The monoisotopic (exact) mass is 454 g/mol. The summed E-state index contributed by atoms with van der Waals surface area (Å²) >= 11 is 0. The minimum atomic E-state index is -0.395. The van der Waals surface area contributed by atoms with Crippen LogP contribution >= 0.6 is 0 Å². The predicted octanol–water partition coefficient (Wildman–Crippen LogP) is 3.72. The molecule has 1 N–H and O–H groups in total. The third-order valence-corrected chi connectivity index (χ3v) is 5.19. The number of imide groups is 1. The maximum absolute atomic E-state index is 13.3. The molecule has 0 aromatic heterocycles. The maximum Gasteiger partial charge on any atom is 0.278 e. The van der Waals surface area contributed by atoms with Gasteiger partial charge in [-0.15, -0.1) is 0 Å². The summed E-state index contributed by atoms with van der Waals surface area (Å²) in [6.07, 6.45) is 0.632. The molecule has 2 aromatic rings. The second-order valence-electron chi connectivity index (χ2n) is 7.70. The van der Waals surface area contributed by atoms with Gasteiger partial charge in [0.1, 0.15) is 22.9 Å². The van der Waals surface area contributed by atoms with Gasteiger partial charge in [0.2, 0.25) is 0 Å². The van der Waals surface area contributed by atoms with Crippen LogP contribution in [0.25, 0.3) is 5.57 Å². The highest BCUT2D eigenvalue weighted by Gasteiger charge is 2.39. The summed E-state index contributed by atoms with van der Waals surface area (Å²) in [5, 5.41) is 3.13. The van der Waals surface area contributed by atoms with Crippen LogP contribution in [0.1, 0.15) is 25.8 Å². The van der Waals surface area contributed by atoms with Crippen molar-refractivity contribution in [2.75, 3.05) is 39.8 Å². The van der Waals surface area contributed by atoms with Crippen molar-refractivity contribution in [3.05, 3.63) is 53.7 Å². The molecule has 8 nitrogen and oxygen atoms in total. The van der Waals surface area contributed by atoms with Crippen LogP contribution in [0.5, 0.6) is 17.2 Å². The van der Waals surface area contributed by atoms with Gasteiger partial charge in [-0.2, -0.15) is 0 Å². The Balaban J connectivity index is 1.96. The van der Waals surface area contributed by atoms with E-state index in [2.05, 4.69) is 5.32 Å². The van der Waals surface area contributed by atoms with Crippen molar-refractivity contribution in [1.29, 1.82) is 0 Å². The Morgan fingerprint density at radius 2 is 1.55 bits per heavy atom. The van der Waals surface area contributed by atoms with Gasteiger partial charge >= 0.3 is 0 Å². The van der Waals surface area contributed by atoms with Crippen LogP contribution in [0.3, 0.4) is 0 Å². The zero-order chi connectivity index (χ0) is 24.0. The number of carbonyl (C=O) groups is 2. The van der Waals surface area contributed by atoms with E-state index in [4.69, 9.17) is 18.9 Å². The summed E-state index contributed by atoms with van der Waals surface area (Å²) in [6, 6.07) is 12.2. The van der Waals surface area contributed by atoms with Crippen molar-refractivity contribution >= 4 is 23.1 Å². The smallest absolute Gasteiger partial charge is 0.278 e. The van der Waals surface area contributed by atoms with Crippen molar-refractivity contribution in [3.63, 3.8) is 0 Å². The lowest BCUT2D eigenvalue weighted by Gasteiger charge is -2.16. The first-order chi connectivity index (χ1) is 15.9. The number of hydrogen-bond donors (Lipinski definition) is 1. The van der Waals surface area contributed by atoms with Gasteiger partial charge in [-0.1, -0.05) is 12.1 Å². The first-order valence-electron chi connectivity index (χ1n) is 10.7. The minimum absolute atomic E-state index is 0.0859. The average molecular weight is 455 g/mol. The number of nitrogens with one attached hydrogen (secondary N) is 1. The first-order valence-corrected chi connectivity index (χ1v) is 10.7. The van der Waals surface area contributed by atoms with E-state index in [1.807, 2.05) is 13.8 Å². The molecule has 0 spiro atoms. The second-order valence-corrected chi connectivity index (χ2v) is 7.70. The molecule has 0 aliphatic carbocycles. The Bertz CT molecular complexity index is 1030. The van der Waals surface area contributed by atoms with E-state index in [0.29, 0.717) is 47.1 Å². The van der Waals surface area contributed by atoms with Gasteiger partial charge in [0, 0.05) is 19.2 Å². The summed E-state index contributed by atoms with van der Waals surface area (Å²) < 4.78 is 21.5. The Morgan fingerprint density at radius 3 is 2.15 bits per heavy atom. The molecule has 0 saturated heterocycles. The van der Waals surface area contributed by atoms with Crippen molar-refractivity contribution in [1.82, 2.24) is 4.90 Å². The molecule has 0 saturated carbocycles. The molecule has 3 rings (SSSR count). The SMILES string of the molecule is COc1ccc(C2=C(Nc3ccc(OC)cc3OC)C(=O)N(CCCOC(C)C)C2=O)cc1. The number of methoxy groups -OCH3 is 3. The lowest BCUT2D eigenvalue weighted by Crippen LogP contribution is -2.34. The molecule has 2 amide bonds. The van der Waals surface area contributed by atoms with E-state index in [1.165, 1.54) is 12.0 Å². The largest absolute Gasteiger partial charge is 0.497 e. The molecule has 8 heteroatoms. The number of nitrogens with zero attached hydrogens (tertiary/aromatic N) is 1. The summed E-state index contributed by atoms with van der Waals surface area (Å²) in [5.74, 6) is 1.00. The zero-order valence-corrected chi connectivity index (χ0v) is 19.6. The number of benzene rings is 2. The number of ether oxygens (including phenoxy) is 4. The van der Waals surface area contributed by atoms with Crippen molar-refractivity contribution in [3.8, 4) is 17.2 Å². The van der Waals surface area contributed by atoms with Crippen LogP contribution in [-0.2, 0) is 14.3 Å². The lowest BCUT2D eigenvalue weighted by molar-refractivity contribution is -0.137. The number of carbonyl (C=O) groups excluding carboxylic acids is 2. The molecule has 0 radical (unpaired) electrons. The van der Waals surface area contributed by atoms with Crippen LogP contribution in [0, 0.1) is 0 Å². The Hall–Kier alpha value is -3.52. The Kier molecular flexibility index (Phi) is 7.95. The van der Waals surface area contributed by atoms with Crippen molar-refractivity contribution in [2.45, 2.75) is 26.4 Å². The predicted molar refractivity (Wildman–Crippen MR) is 126 cm³/mol. The third-order valence-electron chi connectivity index (χ3n) is 5.19. The second kappa shape index (κ2) is 10.9. The first kappa shape index (κ1) is 24.1. The van der Waals surface area contributed by atoms with Crippen LogP contribution in [0.15, 0.2) is 48.2 Å². The van der Waals surface area contributed by atoms with E-state index in [1.54, 1.807) is 56.7 Å². The molecule has 2 aromatic carbocycles. The molecule has 0 unspecified atom stereocenters. The van der Waals surface area contributed by atoms with Gasteiger partial charge in [-0.25, -0.2) is 0 Å². The quantitative estimate of drug-likeness (QED) is 0.409. The van der Waals surface area contributed by atoms with E-state index in [9.17, 15) is 9.59 Å². The number of hydrogen-bond acceptors (Lipinski definition) is 7. The van der Waals surface area contributed by atoms with Gasteiger partial charge in [0.25, 0.3) is 11.8 Å². The lowest BCUT2D eigenvalue weighted by atomic mass is 10.0. The normalized spacial score (nSPS) is 13.7. The van der Waals surface area contributed by atoms with Crippen LogP contribution < -0.4 is 19.5 Å². The highest BCUT2D eigenvalue weighted by molar-refractivity contribution is 6.36. The van der Waals surface area contributed by atoms with Crippen molar-refractivity contribution in [2.24, 2.45) is 0 Å². The fourth-order valence-corrected chi connectivity index (χ4v) is 3.50. The Labute approximate surface area is 194 Å². The molecule has 0 bridgehead atoms. The molecule has 1 heterocycles. The van der Waals surface area contributed by atoms with Crippen LogP contribution in [-0.4, -0.2) is 57.3 Å². The van der Waals surface area contributed by atoms with E-state index >= 15 is 0 Å². The molecule has 0 atom stereocenters. The third kappa shape index (κ3) is 5.46. The van der Waals surface area contributed by atoms with Gasteiger partial charge in [-0.3, -0.25) is 14.5 Å². The molecule has 1 aliphatic heterocycles. The van der Waals surface area contributed by atoms with Crippen LogP contribution in [0.4, 0.5) is 5.69 Å². The van der Waals surface area contributed by atoms with Gasteiger partial charge in [0.05, 0.1) is 38.7 Å². The Morgan fingerprint density at radius 1 is 0.879 bits per heavy atom. The summed E-state index contributed by atoms with van der Waals surface area (Å²) in [7, 11) is 4.66. The maximum atomic E-state index is 13.3. The molecule has 33 heavy (non-hydrogen) atoms. The minimum Gasteiger partial charge on any atom is -0.497 e. The number of anilines is 1. The summed E-state index contributed by atoms with van der Waals surface area (Å²) in [4.78, 5) is 27.9. The highest BCUT2D eigenvalue weighted by Crippen LogP contribution is 2.35. The highest BCUT2D eigenvalue weighted by atomic mass is 16.5. The number of amides is 2. The fraction of sp³-hybridized carbons (Fsp3) is 0.360. The summed E-state index contributed by atoms with van der Waals surface area (Å²) in [6.45, 7) is 4.61. The van der Waals surface area contributed by atoms with E-state index in [-0.39, 0.29) is 24.3 Å². The van der Waals surface area contributed by atoms with Gasteiger partial charge in [0.15, 0.2) is 0 Å². The zero-order valence-electron chi connectivity index (χ0n) is 19.6. The fourth-order valence-electron chi connectivity index (χ4n) is 3.50. The average Bonchev–Trinajstić information content (AvgIpc) is 3.05. The van der Waals surface area contributed by atoms with Crippen molar-refractivity contribution < 1.29 is 28.5 Å². The standard InChI is InChI=1S/C25H30N2O6/c1-16(2)33-14-6-13-27-24(28)22(17-7-9-18(30-3)10-8-17)23(25(27)29)26-20-12-11-19(31-4)15-21(20)32-5/h7-12,15-16,26H,6,13-14H2,1-5H3. The molecule has 176 valence electrons. The van der Waals surface area contributed by atoms with E-state index in [0.717, 1.165) is 0 Å². The molecule has 1 aliphatic rings. The topological polar surface area (TPSA) is 86.3 Å². The van der Waals surface area contributed by atoms with Crippen LogP contribution in [0.2, 0.25) is 0 Å².